The second kappa shape index (κ2) is 14.8. The van der Waals surface area contributed by atoms with E-state index in [-0.39, 0.29) is 17.5 Å². The number of likely N-dealkylation sites (tertiary alicyclic amines) is 1. The van der Waals surface area contributed by atoms with E-state index >= 15 is 0 Å². The lowest BCUT2D eigenvalue weighted by atomic mass is 9.97. The van der Waals surface area contributed by atoms with Gasteiger partial charge in [0.05, 0.1) is 34.3 Å². The van der Waals surface area contributed by atoms with Gasteiger partial charge < -0.3 is 20.5 Å². The minimum absolute atomic E-state index is 0.0880. The van der Waals surface area contributed by atoms with Crippen molar-refractivity contribution in [1.82, 2.24) is 29.9 Å². The number of carbonyl (C=O) groups is 2. The predicted molar refractivity (Wildman–Crippen MR) is 196 cm³/mol. The number of ether oxygens (including phenoxy) is 1. The van der Waals surface area contributed by atoms with Gasteiger partial charge in [-0.2, -0.15) is 0 Å². The quantitative estimate of drug-likeness (QED) is 0.157. The number of pyridine rings is 2. The number of methoxy groups -OCH3 is 1. The van der Waals surface area contributed by atoms with Crippen molar-refractivity contribution in [2.75, 3.05) is 26.7 Å². The van der Waals surface area contributed by atoms with E-state index in [1.807, 2.05) is 65.6 Å². The highest BCUT2D eigenvalue weighted by atomic mass is 35.5. The van der Waals surface area contributed by atoms with E-state index in [9.17, 15) is 19.5 Å². The van der Waals surface area contributed by atoms with Crippen LogP contribution in [-0.2, 0) is 22.7 Å². The molecule has 2 fully saturated rings. The summed E-state index contributed by atoms with van der Waals surface area (Å²) in [4.78, 5) is 47.5. The molecule has 3 N–H and O–H groups in total. The molecule has 0 radical (unpaired) electrons. The Morgan fingerprint density at radius 1 is 1.00 bits per heavy atom. The van der Waals surface area contributed by atoms with Gasteiger partial charge in [0.15, 0.2) is 0 Å². The first-order valence-corrected chi connectivity index (χ1v) is 17.5. The Labute approximate surface area is 304 Å². The number of nitrogens with zero attached hydrogens (tertiary/aromatic N) is 4. The zero-order valence-corrected chi connectivity index (χ0v) is 29.4. The van der Waals surface area contributed by atoms with E-state index in [1.54, 1.807) is 19.5 Å². The number of aromatic nitrogens is 3. The van der Waals surface area contributed by atoms with Crippen molar-refractivity contribution < 1.29 is 19.4 Å². The molecule has 1 unspecified atom stereocenters. The van der Waals surface area contributed by atoms with E-state index in [2.05, 4.69) is 15.6 Å². The van der Waals surface area contributed by atoms with Crippen molar-refractivity contribution in [2.45, 2.75) is 38.4 Å². The number of rotatable bonds is 11. The third-order valence-electron chi connectivity index (χ3n) is 9.59. The van der Waals surface area contributed by atoms with Crippen LogP contribution in [0.3, 0.4) is 0 Å². The summed E-state index contributed by atoms with van der Waals surface area (Å²) in [5.41, 5.74) is 6.04. The number of carbonyl (C=O) groups excluding carboxylic acids is 1. The summed E-state index contributed by atoms with van der Waals surface area (Å²) in [5.74, 6) is -0.653. The van der Waals surface area contributed by atoms with Crippen LogP contribution in [0.4, 0.5) is 0 Å². The summed E-state index contributed by atoms with van der Waals surface area (Å²) in [6.07, 6.45) is 5.21. The van der Waals surface area contributed by atoms with Gasteiger partial charge in [-0.05, 0) is 43.1 Å². The number of benzene rings is 2. The molecule has 0 aliphatic carbocycles. The molecule has 3 aromatic heterocycles. The van der Waals surface area contributed by atoms with Crippen LogP contribution in [0.1, 0.15) is 30.4 Å². The molecule has 1 amide bonds. The number of carboxylic acids is 1. The fourth-order valence-corrected chi connectivity index (χ4v) is 7.51. The fraction of sp³-hybridized carbons (Fsp3) is 0.289. The molecule has 2 aliphatic heterocycles. The van der Waals surface area contributed by atoms with Gasteiger partial charge in [-0.3, -0.25) is 23.7 Å². The lowest BCUT2D eigenvalue weighted by Gasteiger charge is -2.16. The largest absolute Gasteiger partial charge is 0.481 e. The van der Waals surface area contributed by atoms with E-state index < -0.39 is 11.9 Å². The lowest BCUT2D eigenvalue weighted by molar-refractivity contribution is -0.141. The Balaban J connectivity index is 1.12. The van der Waals surface area contributed by atoms with Crippen molar-refractivity contribution in [3.63, 3.8) is 0 Å². The highest BCUT2D eigenvalue weighted by Crippen LogP contribution is 2.42. The summed E-state index contributed by atoms with van der Waals surface area (Å²) < 4.78 is 7.14. The number of carboxylic acid groups (broad SMARTS) is 1. The molecule has 13 heteroatoms. The first kappa shape index (κ1) is 34.6. The molecule has 0 bridgehead atoms. The summed E-state index contributed by atoms with van der Waals surface area (Å²) in [6, 6.07) is 19.1. The van der Waals surface area contributed by atoms with E-state index in [0.29, 0.717) is 78.4 Å². The second-order valence-corrected chi connectivity index (χ2v) is 13.7. The summed E-state index contributed by atoms with van der Waals surface area (Å²) in [7, 11) is 1.58. The molecule has 2 aliphatic rings. The number of halogens is 2. The van der Waals surface area contributed by atoms with Gasteiger partial charge in [0.25, 0.3) is 5.56 Å². The topological polar surface area (TPSA) is 138 Å². The Morgan fingerprint density at radius 3 is 2.45 bits per heavy atom. The molecular formula is C38H36Cl2N6O5. The molecule has 5 heterocycles. The maximum Gasteiger partial charge on any atom is 0.307 e. The van der Waals surface area contributed by atoms with Crippen LogP contribution in [0.15, 0.2) is 77.9 Å². The van der Waals surface area contributed by atoms with Crippen LogP contribution in [0.25, 0.3) is 39.2 Å². The maximum absolute atomic E-state index is 13.3. The number of fused-ring (bicyclic) bond motifs is 1. The van der Waals surface area contributed by atoms with Crippen molar-refractivity contribution in [1.29, 1.82) is 0 Å². The average Bonchev–Trinajstić information content (AvgIpc) is 3.79. The molecule has 2 aromatic carbocycles. The van der Waals surface area contributed by atoms with Crippen LogP contribution in [0.2, 0.25) is 10.0 Å². The molecule has 51 heavy (non-hydrogen) atoms. The van der Waals surface area contributed by atoms with Crippen molar-refractivity contribution in [2.24, 2.45) is 5.92 Å². The van der Waals surface area contributed by atoms with Gasteiger partial charge >= 0.3 is 5.97 Å². The molecule has 0 spiro atoms. The molecule has 0 saturated carbocycles. The zero-order chi connectivity index (χ0) is 35.6. The van der Waals surface area contributed by atoms with Crippen LogP contribution < -0.4 is 20.9 Å². The standard InChI is InChI=1S/C38H36Cl2N6O5/c1-51-36-23(17-41-19-26-9-11-33(47)43-26)8-10-31(44-36)30-7-3-6-29(35(30)40)28-5-2-4-27(34(28)39)22-13-15-46-32(16-22)42-18-25(37(46)48)21-45-14-12-24(20-45)38(49)50/h2-8,10,13,15-16,18,24,26,41H,9,11-12,14,17,19-21H2,1H3,(H,43,47)(H,49,50)/t24?,26-/m0/s1. The third kappa shape index (κ3) is 7.20. The normalized spacial score (nSPS) is 17.6. The number of nitrogens with one attached hydrogen (secondary N) is 2. The Hall–Kier alpha value is -4.81. The second-order valence-electron chi connectivity index (χ2n) is 12.9. The Bertz CT molecular complexity index is 2210. The molecular weight excluding hydrogens is 691 g/mol. The number of aliphatic carboxylic acids is 1. The van der Waals surface area contributed by atoms with Gasteiger partial charge in [0, 0.05) is 78.9 Å². The van der Waals surface area contributed by atoms with E-state index in [0.717, 1.165) is 39.8 Å². The van der Waals surface area contributed by atoms with E-state index in [1.165, 1.54) is 4.40 Å². The van der Waals surface area contributed by atoms with Crippen molar-refractivity contribution in [3.8, 4) is 39.4 Å². The van der Waals surface area contributed by atoms with Crippen molar-refractivity contribution >= 4 is 40.7 Å². The van der Waals surface area contributed by atoms with Crippen LogP contribution >= 0.6 is 23.2 Å². The number of hydrogen-bond donors (Lipinski definition) is 3. The third-order valence-corrected chi connectivity index (χ3v) is 10.4. The first-order valence-electron chi connectivity index (χ1n) is 16.8. The summed E-state index contributed by atoms with van der Waals surface area (Å²) >= 11 is 14.2. The summed E-state index contributed by atoms with van der Waals surface area (Å²) in [6.45, 7) is 2.58. The van der Waals surface area contributed by atoms with Crippen molar-refractivity contribution in [3.05, 3.63) is 105 Å². The van der Waals surface area contributed by atoms with Gasteiger partial charge in [-0.25, -0.2) is 9.97 Å². The average molecular weight is 728 g/mol. The maximum atomic E-state index is 13.3. The monoisotopic (exact) mass is 726 g/mol. The van der Waals surface area contributed by atoms with Gasteiger partial charge in [-0.1, -0.05) is 65.7 Å². The predicted octanol–water partition coefficient (Wildman–Crippen LogP) is 5.68. The minimum atomic E-state index is -0.808. The smallest absolute Gasteiger partial charge is 0.307 e. The molecule has 11 nitrogen and oxygen atoms in total. The Kier molecular flexibility index (Phi) is 10.1. The first-order chi connectivity index (χ1) is 24.7. The van der Waals surface area contributed by atoms with Gasteiger partial charge in [-0.15, -0.1) is 0 Å². The van der Waals surface area contributed by atoms with Crippen LogP contribution in [-0.4, -0.2) is 69.0 Å². The number of hydrogen-bond acceptors (Lipinski definition) is 8. The van der Waals surface area contributed by atoms with E-state index in [4.69, 9.17) is 32.9 Å². The highest BCUT2D eigenvalue weighted by molar-refractivity contribution is 6.39. The Morgan fingerprint density at radius 2 is 1.75 bits per heavy atom. The summed E-state index contributed by atoms with van der Waals surface area (Å²) in [5, 5.41) is 16.7. The van der Waals surface area contributed by atoms with Crippen LogP contribution in [0.5, 0.6) is 5.88 Å². The molecule has 2 atom stereocenters. The molecule has 5 aromatic rings. The van der Waals surface area contributed by atoms with Gasteiger partial charge in [0.2, 0.25) is 11.8 Å². The zero-order valence-electron chi connectivity index (χ0n) is 27.9. The molecule has 7 rings (SSSR count). The molecule has 262 valence electrons. The fourth-order valence-electron chi connectivity index (χ4n) is 6.85. The number of amides is 1. The minimum Gasteiger partial charge on any atom is -0.481 e. The highest BCUT2D eigenvalue weighted by Gasteiger charge is 2.28. The molecule has 2 saturated heterocycles. The van der Waals surface area contributed by atoms with Crippen LogP contribution in [0, 0.1) is 5.92 Å². The lowest BCUT2D eigenvalue weighted by Crippen LogP contribution is -2.35. The SMILES string of the molecule is COc1nc(-c2cccc(-c3cccc(-c4ccn5c(=O)c(CN6CCC(C(=O)O)C6)cnc5c4)c3Cl)c2Cl)ccc1CNC[C@@H]1CCC(=O)N1. The van der Waals surface area contributed by atoms with Gasteiger partial charge in [0.1, 0.15) is 5.65 Å².